The third-order valence-corrected chi connectivity index (χ3v) is 13.9. The Morgan fingerprint density at radius 2 is 0.776 bits per heavy atom. The molecule has 7 rings (SSSR count). The number of aromatic nitrogens is 1. The maximum Gasteiger partial charge on any atom is 0.416 e. The Balaban J connectivity index is 0.000000497. The third-order valence-electron chi connectivity index (χ3n) is 12.8. The molecule has 0 saturated heterocycles. The maximum atomic E-state index is 12.7. The van der Waals surface area contributed by atoms with Crippen molar-refractivity contribution in [3.8, 4) is 0 Å². The molecule has 1 aromatic heterocycles. The molecule has 466 valence electrons. The number of aryl methyl sites for hydroxylation is 2. The molecular formula is C73H95Cl4F5N2O. The second-order valence-corrected chi connectivity index (χ2v) is 30.0. The molecule has 0 spiro atoms. The van der Waals surface area contributed by atoms with Crippen molar-refractivity contribution in [1.82, 2.24) is 4.98 Å². The molecule has 0 fully saturated rings. The van der Waals surface area contributed by atoms with Crippen molar-refractivity contribution < 1.29 is 26.7 Å². The van der Waals surface area contributed by atoms with Gasteiger partial charge in [-0.3, -0.25) is 9.78 Å². The number of alkyl halides is 3. The Kier molecular flexibility index (Phi) is 29.4. The maximum absolute atomic E-state index is 12.7. The molecule has 1 amide bonds. The molecule has 2 N–H and O–H groups in total. The Morgan fingerprint density at radius 3 is 1.11 bits per heavy atom. The van der Waals surface area contributed by atoms with E-state index in [9.17, 15) is 26.7 Å². The summed E-state index contributed by atoms with van der Waals surface area (Å²) in [5, 5.41) is 2.93. The first-order chi connectivity index (χ1) is 38.3. The number of hydrogen-bond acceptors (Lipinski definition) is 2. The molecular weight excluding hydrogens is 1160 g/mol. The lowest BCUT2D eigenvalue weighted by atomic mass is 9.83. The van der Waals surface area contributed by atoms with Crippen molar-refractivity contribution in [2.24, 2.45) is 5.73 Å². The summed E-state index contributed by atoms with van der Waals surface area (Å²) < 4.78 is 63.2. The highest BCUT2D eigenvalue weighted by Gasteiger charge is 2.36. The van der Waals surface area contributed by atoms with Crippen LogP contribution in [0, 0.1) is 25.5 Å². The zero-order valence-electron chi connectivity index (χ0n) is 54.7. The number of primary amides is 1. The average Bonchev–Trinajstić information content (AvgIpc) is 3.43. The topological polar surface area (TPSA) is 56.0 Å². The first kappa shape index (κ1) is 77.8. The fraction of sp³-hybridized carbons (Fsp3) is 0.425. The molecule has 0 aliphatic heterocycles. The molecule has 0 aliphatic carbocycles. The monoisotopic (exact) mass is 1250 g/mol. The minimum Gasteiger partial charge on any atom is -0.366 e. The van der Waals surface area contributed by atoms with E-state index in [1.807, 2.05) is 75.5 Å². The van der Waals surface area contributed by atoms with Gasteiger partial charge >= 0.3 is 6.18 Å². The van der Waals surface area contributed by atoms with Gasteiger partial charge in [0.15, 0.2) is 0 Å². The number of rotatable bonds is 1. The standard InChI is InChI=1S/C12H18.C11H13F3.C11H15NO.2C10H12Cl2.C10H12F2.C9H13N/c1-9-6-10(2)8-11(7-9)12(3,4)5;1-10(2,3)8-6-4-5-7-9(8)11(12,13)14;1-11(2,3)9-7-5-4-6-8(9)10(12)13;1-10(2,3)7-4-8(11)6-9(12)5-7;1-10(2,3)8-6-7(11)4-5-9(8)12;1-10(2,3)7-4-8(11)6-9(12)5-7;1-9(2,3)8-5-4-6-10-7-8/h6-8H,1-5H3;4-7H,1-3H3;4-7H,1-3H3,(H2,12,13);3*4-6H,1-3H3;4-7H,1-3H3. The van der Waals surface area contributed by atoms with Crippen LogP contribution in [-0.4, -0.2) is 10.9 Å². The minimum absolute atomic E-state index is 0.0361. The molecule has 6 aromatic carbocycles. The lowest BCUT2D eigenvalue weighted by Gasteiger charge is -2.23. The van der Waals surface area contributed by atoms with Gasteiger partial charge in [0, 0.05) is 44.1 Å². The molecule has 0 unspecified atom stereocenters. The van der Waals surface area contributed by atoms with Gasteiger partial charge in [-0.05, 0) is 157 Å². The van der Waals surface area contributed by atoms with Crippen molar-refractivity contribution in [3.05, 3.63) is 239 Å². The van der Waals surface area contributed by atoms with E-state index in [0.29, 0.717) is 26.7 Å². The van der Waals surface area contributed by atoms with Crippen molar-refractivity contribution in [3.63, 3.8) is 0 Å². The minimum atomic E-state index is -4.26. The fourth-order valence-corrected chi connectivity index (χ4v) is 9.10. The zero-order valence-corrected chi connectivity index (χ0v) is 57.7. The molecule has 0 atom stereocenters. The van der Waals surface area contributed by atoms with Gasteiger partial charge in [0.1, 0.15) is 11.6 Å². The van der Waals surface area contributed by atoms with Gasteiger partial charge < -0.3 is 5.73 Å². The molecule has 0 radical (unpaired) electrons. The van der Waals surface area contributed by atoms with Gasteiger partial charge in [-0.15, -0.1) is 0 Å². The highest BCUT2D eigenvalue weighted by Crippen LogP contribution is 2.38. The van der Waals surface area contributed by atoms with E-state index >= 15 is 0 Å². The Hall–Kier alpha value is -5.25. The summed E-state index contributed by atoms with van der Waals surface area (Å²) in [6, 6.07) is 38.8. The summed E-state index contributed by atoms with van der Waals surface area (Å²) in [5.41, 5.74) is 15.0. The van der Waals surface area contributed by atoms with Crippen LogP contribution in [0.3, 0.4) is 0 Å². The number of carbonyl (C=O) groups excluding carboxylic acids is 1. The fourth-order valence-electron chi connectivity index (χ4n) is 8.00. The largest absolute Gasteiger partial charge is 0.416 e. The quantitative estimate of drug-likeness (QED) is 0.167. The lowest BCUT2D eigenvalue weighted by molar-refractivity contribution is -0.138. The SMILES string of the molecule is CC(C)(C)c1cc(Cl)cc(Cl)c1.CC(C)(C)c1cc(Cl)ccc1Cl.CC(C)(C)c1cc(F)cc(F)c1.CC(C)(C)c1ccccc1C(F)(F)F.CC(C)(C)c1ccccc1C(N)=O.CC(C)(C)c1cccnc1.Cc1cc(C)cc(C(C)(C)C)c1. The number of nitrogens with zero attached hydrogens (tertiary/aromatic N) is 1. The van der Waals surface area contributed by atoms with E-state index in [1.54, 1.807) is 51.2 Å². The van der Waals surface area contributed by atoms with Gasteiger partial charge in [0.25, 0.3) is 0 Å². The predicted octanol–water partition coefficient (Wildman–Crippen LogP) is 23.9. The summed E-state index contributed by atoms with van der Waals surface area (Å²) >= 11 is 23.6. The molecule has 0 saturated carbocycles. The predicted molar refractivity (Wildman–Crippen MR) is 357 cm³/mol. The number of pyridine rings is 1. The number of amides is 1. The second kappa shape index (κ2) is 32.1. The summed E-state index contributed by atoms with van der Waals surface area (Å²) in [6.07, 6.45) is -0.543. The smallest absolute Gasteiger partial charge is 0.366 e. The van der Waals surface area contributed by atoms with E-state index in [2.05, 4.69) is 147 Å². The van der Waals surface area contributed by atoms with E-state index < -0.39 is 28.8 Å². The second-order valence-electron chi connectivity index (χ2n) is 28.3. The molecule has 7 aromatic rings. The van der Waals surface area contributed by atoms with Crippen LogP contribution in [-0.2, 0) is 44.1 Å². The van der Waals surface area contributed by atoms with Crippen molar-refractivity contribution >= 4 is 52.3 Å². The Labute approximate surface area is 528 Å². The zero-order chi connectivity index (χ0) is 66.1. The molecule has 3 nitrogen and oxygen atoms in total. The van der Waals surface area contributed by atoms with E-state index in [-0.39, 0.29) is 38.4 Å². The van der Waals surface area contributed by atoms with Crippen LogP contribution in [0.4, 0.5) is 22.0 Å². The van der Waals surface area contributed by atoms with Crippen molar-refractivity contribution in [2.75, 3.05) is 0 Å². The molecule has 0 aliphatic rings. The van der Waals surface area contributed by atoms with Crippen LogP contribution >= 0.6 is 46.4 Å². The Bertz CT molecular complexity index is 2960. The van der Waals surface area contributed by atoms with Crippen LogP contribution in [0.1, 0.15) is 211 Å². The highest BCUT2D eigenvalue weighted by molar-refractivity contribution is 6.35. The number of hydrogen-bond donors (Lipinski definition) is 1. The van der Waals surface area contributed by atoms with Gasteiger partial charge in [0.05, 0.1) is 5.56 Å². The number of carbonyl (C=O) groups is 1. The highest BCUT2D eigenvalue weighted by atomic mass is 35.5. The van der Waals surface area contributed by atoms with Gasteiger partial charge in [-0.25, -0.2) is 8.78 Å². The van der Waals surface area contributed by atoms with Gasteiger partial charge in [-0.2, -0.15) is 13.2 Å². The normalized spacial score (nSPS) is 11.9. The van der Waals surface area contributed by atoms with Crippen LogP contribution in [0.25, 0.3) is 0 Å². The molecule has 1 heterocycles. The number of nitrogens with two attached hydrogens (primary N) is 1. The number of benzene rings is 6. The molecule has 85 heavy (non-hydrogen) atoms. The van der Waals surface area contributed by atoms with Gasteiger partial charge in [-0.1, -0.05) is 264 Å². The summed E-state index contributed by atoms with van der Waals surface area (Å²) in [5.74, 6) is -1.38. The van der Waals surface area contributed by atoms with Crippen LogP contribution in [0.15, 0.2) is 146 Å². The summed E-state index contributed by atoms with van der Waals surface area (Å²) in [4.78, 5) is 15.1. The molecule has 12 heteroatoms. The number of halogens is 9. The summed E-state index contributed by atoms with van der Waals surface area (Å²) in [7, 11) is 0. The van der Waals surface area contributed by atoms with Crippen molar-refractivity contribution in [1.29, 1.82) is 0 Å². The Morgan fingerprint density at radius 1 is 0.388 bits per heavy atom. The van der Waals surface area contributed by atoms with Gasteiger partial charge in [0.2, 0.25) is 5.91 Å². The lowest BCUT2D eigenvalue weighted by Crippen LogP contribution is -2.20. The third kappa shape index (κ3) is 29.3. The van der Waals surface area contributed by atoms with E-state index in [0.717, 1.165) is 33.3 Å². The molecule has 0 bridgehead atoms. The average molecular weight is 1250 g/mol. The van der Waals surface area contributed by atoms with Crippen molar-refractivity contribution in [2.45, 2.75) is 203 Å². The first-order valence-corrected chi connectivity index (χ1v) is 29.8. The van der Waals surface area contributed by atoms with Crippen LogP contribution < -0.4 is 5.73 Å². The van der Waals surface area contributed by atoms with E-state index in [1.165, 1.54) is 52.1 Å². The van der Waals surface area contributed by atoms with Crippen LogP contribution in [0.5, 0.6) is 0 Å². The van der Waals surface area contributed by atoms with Crippen LogP contribution in [0.2, 0.25) is 20.1 Å². The summed E-state index contributed by atoms with van der Waals surface area (Å²) in [6.45, 7) is 47.6. The first-order valence-electron chi connectivity index (χ1n) is 28.3. The van der Waals surface area contributed by atoms with E-state index in [4.69, 9.17) is 52.1 Å².